The third-order valence-corrected chi connectivity index (χ3v) is 2.28. The fourth-order valence-corrected chi connectivity index (χ4v) is 1.19. The molecule has 0 aromatic carbocycles. The van der Waals surface area contributed by atoms with Crippen LogP contribution in [0.1, 0.15) is 6.42 Å². The van der Waals surface area contributed by atoms with Crippen molar-refractivity contribution in [1.82, 2.24) is 0 Å². The van der Waals surface area contributed by atoms with Gasteiger partial charge in [-0.15, -0.1) is 0 Å². The SMILES string of the molecule is O=C(CCS)OC[C@H](O)[C@@H](O)[C@H](O)[C@H](O)CO. The zero-order chi connectivity index (χ0) is 13.4. The molecule has 0 heterocycles. The van der Waals surface area contributed by atoms with E-state index in [1.807, 2.05) is 0 Å². The second-order valence-corrected chi connectivity index (χ2v) is 3.90. The topological polar surface area (TPSA) is 127 Å². The molecule has 0 saturated heterocycles. The van der Waals surface area contributed by atoms with E-state index in [2.05, 4.69) is 17.4 Å². The predicted octanol–water partition coefficient (Wildman–Crippen LogP) is -2.71. The Labute approximate surface area is 104 Å². The first-order valence-electron chi connectivity index (χ1n) is 5.03. The van der Waals surface area contributed by atoms with Gasteiger partial charge < -0.3 is 30.3 Å². The van der Waals surface area contributed by atoms with Gasteiger partial charge >= 0.3 is 5.97 Å². The van der Waals surface area contributed by atoms with Gasteiger partial charge in [-0.2, -0.15) is 12.6 Å². The minimum absolute atomic E-state index is 0.0632. The van der Waals surface area contributed by atoms with Crippen molar-refractivity contribution in [1.29, 1.82) is 0 Å². The van der Waals surface area contributed by atoms with Gasteiger partial charge in [0.15, 0.2) is 0 Å². The molecule has 102 valence electrons. The molecule has 0 aromatic rings. The lowest BCUT2D eigenvalue weighted by Gasteiger charge is -2.25. The Balaban J connectivity index is 4.04. The highest BCUT2D eigenvalue weighted by atomic mass is 32.1. The predicted molar refractivity (Wildman–Crippen MR) is 60.5 cm³/mol. The molecule has 0 bridgehead atoms. The summed E-state index contributed by atoms with van der Waals surface area (Å²) in [6.07, 6.45) is -6.50. The molecule has 0 aliphatic rings. The molecule has 17 heavy (non-hydrogen) atoms. The van der Waals surface area contributed by atoms with Gasteiger partial charge in [0.2, 0.25) is 0 Å². The van der Waals surface area contributed by atoms with Gasteiger partial charge in [-0.3, -0.25) is 4.79 Å². The van der Waals surface area contributed by atoms with Crippen LogP contribution < -0.4 is 0 Å². The fourth-order valence-electron chi connectivity index (χ4n) is 1.00. The standard InChI is InChI=1S/C9H18O7S/c10-3-5(11)8(14)9(15)6(12)4-16-7(13)1-2-17/h5-6,8-12,14-15,17H,1-4H2/t5-,6+,8-,9-/m1/s1. The Hall–Kier alpha value is -0.380. The number of esters is 1. The third kappa shape index (κ3) is 6.20. The van der Waals surface area contributed by atoms with Crippen LogP contribution in [0.4, 0.5) is 0 Å². The maximum atomic E-state index is 10.9. The molecule has 0 aliphatic heterocycles. The van der Waals surface area contributed by atoms with Gasteiger partial charge in [0.25, 0.3) is 0 Å². The summed E-state index contributed by atoms with van der Waals surface area (Å²) >= 11 is 3.80. The number of carbonyl (C=O) groups is 1. The molecule has 0 radical (unpaired) electrons. The molecule has 0 saturated carbocycles. The van der Waals surface area contributed by atoms with Gasteiger partial charge in [-0.25, -0.2) is 0 Å². The number of aliphatic hydroxyl groups excluding tert-OH is 5. The molecule has 4 atom stereocenters. The summed E-state index contributed by atoms with van der Waals surface area (Å²) in [5.41, 5.74) is 0. The number of rotatable bonds is 8. The zero-order valence-corrected chi connectivity index (χ0v) is 10.0. The lowest BCUT2D eigenvalue weighted by Crippen LogP contribution is -2.47. The first-order chi connectivity index (χ1) is 7.93. The van der Waals surface area contributed by atoms with Gasteiger partial charge in [0.1, 0.15) is 31.0 Å². The maximum absolute atomic E-state index is 10.9. The van der Waals surface area contributed by atoms with Crippen LogP contribution >= 0.6 is 12.6 Å². The zero-order valence-electron chi connectivity index (χ0n) is 9.14. The Morgan fingerprint density at radius 3 is 2.12 bits per heavy atom. The molecule has 8 heteroatoms. The number of aliphatic hydroxyl groups is 5. The van der Waals surface area contributed by atoms with Gasteiger partial charge in [0, 0.05) is 5.75 Å². The van der Waals surface area contributed by atoms with Crippen LogP contribution in [0.5, 0.6) is 0 Å². The van der Waals surface area contributed by atoms with E-state index in [4.69, 9.17) is 10.2 Å². The van der Waals surface area contributed by atoms with E-state index in [9.17, 15) is 20.1 Å². The second-order valence-electron chi connectivity index (χ2n) is 3.46. The molecule has 0 aliphatic carbocycles. The first kappa shape index (κ1) is 16.6. The van der Waals surface area contributed by atoms with Crippen molar-refractivity contribution < 1.29 is 35.1 Å². The third-order valence-electron chi connectivity index (χ3n) is 2.06. The summed E-state index contributed by atoms with van der Waals surface area (Å²) in [5, 5.41) is 45.5. The molecule has 0 spiro atoms. The van der Waals surface area contributed by atoms with Gasteiger partial charge in [0.05, 0.1) is 13.0 Å². The lowest BCUT2D eigenvalue weighted by molar-refractivity contribution is -0.155. The average Bonchev–Trinajstić information content (AvgIpc) is 2.33. The van der Waals surface area contributed by atoms with E-state index in [0.717, 1.165) is 0 Å². The molecule has 0 unspecified atom stereocenters. The Morgan fingerprint density at radius 1 is 1.12 bits per heavy atom. The highest BCUT2D eigenvalue weighted by molar-refractivity contribution is 7.80. The fraction of sp³-hybridized carbons (Fsp3) is 0.889. The minimum atomic E-state index is -1.72. The van der Waals surface area contributed by atoms with E-state index in [0.29, 0.717) is 5.75 Å². The quantitative estimate of drug-likeness (QED) is 0.209. The molecule has 0 fully saturated rings. The van der Waals surface area contributed by atoms with Gasteiger partial charge in [-0.05, 0) is 0 Å². The van der Waals surface area contributed by atoms with Crippen LogP contribution in [-0.4, -0.2) is 74.9 Å². The molecular formula is C9H18O7S. The Bertz CT molecular complexity index is 225. The van der Waals surface area contributed by atoms with Gasteiger partial charge in [-0.1, -0.05) is 0 Å². The van der Waals surface area contributed by atoms with Crippen molar-refractivity contribution in [3.05, 3.63) is 0 Å². The highest BCUT2D eigenvalue weighted by Crippen LogP contribution is 2.06. The molecule has 0 amide bonds. The Kier molecular flexibility index (Phi) is 8.48. The second kappa shape index (κ2) is 8.67. The molecule has 0 aromatic heterocycles. The first-order valence-corrected chi connectivity index (χ1v) is 5.66. The minimum Gasteiger partial charge on any atom is -0.463 e. The van der Waals surface area contributed by atoms with E-state index in [1.165, 1.54) is 0 Å². The normalized spacial score (nSPS) is 18.2. The summed E-state index contributed by atoms with van der Waals surface area (Å²) in [7, 11) is 0. The smallest absolute Gasteiger partial charge is 0.306 e. The number of hydrogen-bond donors (Lipinski definition) is 6. The molecular weight excluding hydrogens is 252 g/mol. The number of ether oxygens (including phenoxy) is 1. The number of thiol groups is 1. The van der Waals surface area contributed by atoms with Crippen LogP contribution in [-0.2, 0) is 9.53 Å². The average molecular weight is 270 g/mol. The van der Waals surface area contributed by atoms with Crippen molar-refractivity contribution in [2.45, 2.75) is 30.8 Å². The van der Waals surface area contributed by atoms with Crippen molar-refractivity contribution in [3.8, 4) is 0 Å². The van der Waals surface area contributed by atoms with Crippen LogP contribution in [0.15, 0.2) is 0 Å². The van der Waals surface area contributed by atoms with E-state index in [-0.39, 0.29) is 6.42 Å². The molecule has 7 nitrogen and oxygen atoms in total. The number of hydrogen-bond acceptors (Lipinski definition) is 8. The van der Waals surface area contributed by atoms with Crippen molar-refractivity contribution >= 4 is 18.6 Å². The van der Waals surface area contributed by atoms with Crippen LogP contribution in [0.25, 0.3) is 0 Å². The monoisotopic (exact) mass is 270 g/mol. The van der Waals surface area contributed by atoms with Crippen molar-refractivity contribution in [2.75, 3.05) is 19.0 Å². The van der Waals surface area contributed by atoms with Crippen LogP contribution in [0, 0.1) is 0 Å². The number of carbonyl (C=O) groups excluding carboxylic acids is 1. The largest absolute Gasteiger partial charge is 0.463 e. The van der Waals surface area contributed by atoms with E-state index >= 15 is 0 Å². The summed E-state index contributed by atoms with van der Waals surface area (Å²) in [5.74, 6) is -0.299. The summed E-state index contributed by atoms with van der Waals surface area (Å²) in [6.45, 7) is -1.27. The van der Waals surface area contributed by atoms with Crippen molar-refractivity contribution in [2.24, 2.45) is 0 Å². The Morgan fingerprint density at radius 2 is 1.65 bits per heavy atom. The lowest BCUT2D eigenvalue weighted by atomic mass is 10.0. The molecule has 5 N–H and O–H groups in total. The summed E-state index contributed by atoms with van der Waals surface area (Å²) in [6, 6.07) is 0. The summed E-state index contributed by atoms with van der Waals surface area (Å²) < 4.78 is 4.58. The van der Waals surface area contributed by atoms with Crippen molar-refractivity contribution in [3.63, 3.8) is 0 Å². The van der Waals surface area contributed by atoms with E-state index in [1.54, 1.807) is 0 Å². The van der Waals surface area contributed by atoms with Crippen LogP contribution in [0.2, 0.25) is 0 Å². The summed E-state index contributed by atoms with van der Waals surface area (Å²) in [4.78, 5) is 10.9. The maximum Gasteiger partial charge on any atom is 0.306 e. The highest BCUT2D eigenvalue weighted by Gasteiger charge is 2.30. The molecule has 0 rings (SSSR count). The van der Waals surface area contributed by atoms with Crippen LogP contribution in [0.3, 0.4) is 0 Å². The van der Waals surface area contributed by atoms with E-state index < -0.39 is 43.6 Å².